The third-order valence-corrected chi connectivity index (χ3v) is 6.43. The van der Waals surface area contributed by atoms with Crippen LogP contribution in [0, 0.1) is 5.82 Å². The zero-order valence-corrected chi connectivity index (χ0v) is 17.8. The summed E-state index contributed by atoms with van der Waals surface area (Å²) in [5.74, 6) is -1.25. The summed E-state index contributed by atoms with van der Waals surface area (Å²) in [7, 11) is 0. The van der Waals surface area contributed by atoms with E-state index in [9.17, 15) is 14.0 Å². The minimum atomic E-state index is -0.663. The van der Waals surface area contributed by atoms with Crippen LogP contribution in [-0.4, -0.2) is 43.1 Å². The van der Waals surface area contributed by atoms with Crippen LogP contribution in [0.25, 0.3) is 16.0 Å². The summed E-state index contributed by atoms with van der Waals surface area (Å²) in [4.78, 5) is 36.2. The van der Waals surface area contributed by atoms with E-state index < -0.39 is 17.4 Å². The number of thiazole rings is 1. The lowest BCUT2D eigenvalue weighted by molar-refractivity contribution is -0.117. The molecule has 1 aliphatic rings. The number of anilines is 2. The molecule has 0 atom stereocenters. The standard InChI is InChI=1S/C19H17ClFN7O2S/c20-11-4-5-13(12(21)8-11)23-14(29)9-28-19(30)27-10-22-16-15(17(27)25-28)31-18(24-16)26-6-2-1-3-7-26/h4-5,8,10H,1-3,6-7,9H2,(H,23,29). The van der Waals surface area contributed by atoms with Gasteiger partial charge in [-0.1, -0.05) is 22.9 Å². The SMILES string of the molecule is O=C(Cn1nc2c3sc(N4CCCCC4)nc3ncn2c1=O)Nc1ccc(Cl)cc1F. The van der Waals surface area contributed by atoms with E-state index in [1.807, 2.05) is 0 Å². The summed E-state index contributed by atoms with van der Waals surface area (Å²) in [5.41, 5.74) is 0.372. The van der Waals surface area contributed by atoms with Gasteiger partial charge in [0.1, 0.15) is 23.4 Å². The predicted molar refractivity (Wildman–Crippen MR) is 117 cm³/mol. The number of aromatic nitrogens is 5. The van der Waals surface area contributed by atoms with Crippen LogP contribution in [0.15, 0.2) is 29.3 Å². The molecule has 0 aliphatic carbocycles. The van der Waals surface area contributed by atoms with Crippen molar-refractivity contribution in [3.8, 4) is 0 Å². The lowest BCUT2D eigenvalue weighted by Crippen LogP contribution is -2.29. The molecule has 0 bridgehead atoms. The van der Waals surface area contributed by atoms with Gasteiger partial charge in [0.05, 0.1) is 5.69 Å². The van der Waals surface area contributed by atoms with E-state index in [1.54, 1.807) is 0 Å². The summed E-state index contributed by atoms with van der Waals surface area (Å²) in [6.45, 7) is 1.51. The summed E-state index contributed by atoms with van der Waals surface area (Å²) < 4.78 is 16.9. The second-order valence-electron chi connectivity index (χ2n) is 7.25. The highest BCUT2D eigenvalue weighted by Crippen LogP contribution is 2.31. The lowest BCUT2D eigenvalue weighted by atomic mass is 10.1. The van der Waals surface area contributed by atoms with Crippen LogP contribution in [0.4, 0.5) is 15.2 Å². The number of carbonyl (C=O) groups is 1. The first-order valence-corrected chi connectivity index (χ1v) is 10.9. The molecule has 5 rings (SSSR count). The van der Waals surface area contributed by atoms with Crippen LogP contribution in [0.2, 0.25) is 5.02 Å². The molecule has 1 aromatic carbocycles. The topological polar surface area (TPSA) is 97.4 Å². The van der Waals surface area contributed by atoms with E-state index in [-0.39, 0.29) is 17.3 Å². The first-order chi connectivity index (χ1) is 15.0. The summed E-state index contributed by atoms with van der Waals surface area (Å²) in [6.07, 6.45) is 4.82. The Balaban J connectivity index is 1.44. The Hall–Kier alpha value is -3.05. The molecule has 4 aromatic rings. The van der Waals surface area contributed by atoms with Gasteiger partial charge in [-0.05, 0) is 37.5 Å². The molecule has 0 spiro atoms. The Bertz CT molecular complexity index is 1360. The highest BCUT2D eigenvalue weighted by molar-refractivity contribution is 7.22. The first-order valence-electron chi connectivity index (χ1n) is 9.74. The predicted octanol–water partition coefficient (Wildman–Crippen LogP) is 2.92. The largest absolute Gasteiger partial charge is 0.352 e. The minimum Gasteiger partial charge on any atom is -0.348 e. The molecular formula is C19H17ClFN7O2S. The number of fused-ring (bicyclic) bond motifs is 3. The van der Waals surface area contributed by atoms with Gasteiger partial charge in [-0.25, -0.2) is 23.3 Å². The molecule has 160 valence electrons. The monoisotopic (exact) mass is 461 g/mol. The van der Waals surface area contributed by atoms with Crippen molar-refractivity contribution in [1.82, 2.24) is 24.1 Å². The molecule has 1 saturated heterocycles. The minimum absolute atomic E-state index is 0.0242. The van der Waals surface area contributed by atoms with Crippen molar-refractivity contribution < 1.29 is 9.18 Å². The number of piperidine rings is 1. The van der Waals surface area contributed by atoms with Crippen LogP contribution in [0.1, 0.15) is 19.3 Å². The van der Waals surface area contributed by atoms with Gasteiger partial charge in [0.15, 0.2) is 16.4 Å². The highest BCUT2D eigenvalue weighted by Gasteiger charge is 2.20. The number of hydrogen-bond acceptors (Lipinski definition) is 7. The number of halogens is 2. The van der Waals surface area contributed by atoms with Gasteiger partial charge in [-0.2, -0.15) is 4.98 Å². The van der Waals surface area contributed by atoms with E-state index in [2.05, 4.69) is 25.3 Å². The molecule has 1 N–H and O–H groups in total. The van der Waals surface area contributed by atoms with E-state index in [0.717, 1.165) is 41.8 Å². The van der Waals surface area contributed by atoms with Crippen molar-refractivity contribution >= 4 is 55.7 Å². The second-order valence-corrected chi connectivity index (χ2v) is 8.66. The second kappa shape index (κ2) is 7.89. The van der Waals surface area contributed by atoms with Crippen molar-refractivity contribution in [3.05, 3.63) is 45.9 Å². The Labute approximate surface area is 184 Å². The summed E-state index contributed by atoms with van der Waals surface area (Å²) >= 11 is 7.16. The Morgan fingerprint density at radius 2 is 2.06 bits per heavy atom. The fourth-order valence-electron chi connectivity index (χ4n) is 3.57. The van der Waals surface area contributed by atoms with E-state index in [1.165, 1.54) is 40.6 Å². The quantitative estimate of drug-likeness (QED) is 0.502. The van der Waals surface area contributed by atoms with Gasteiger partial charge in [-0.3, -0.25) is 4.79 Å². The number of carbonyl (C=O) groups excluding carboxylic acids is 1. The van der Waals surface area contributed by atoms with Gasteiger partial charge in [0.2, 0.25) is 5.91 Å². The van der Waals surface area contributed by atoms with Crippen molar-refractivity contribution in [1.29, 1.82) is 0 Å². The molecule has 0 unspecified atom stereocenters. The number of hydrogen-bond donors (Lipinski definition) is 1. The van der Waals surface area contributed by atoms with Crippen LogP contribution in [0.5, 0.6) is 0 Å². The van der Waals surface area contributed by atoms with E-state index in [4.69, 9.17) is 11.6 Å². The smallest absolute Gasteiger partial charge is 0.348 e. The number of nitrogens with one attached hydrogen (secondary N) is 1. The van der Waals surface area contributed by atoms with Crippen molar-refractivity contribution in [2.24, 2.45) is 0 Å². The van der Waals surface area contributed by atoms with Crippen molar-refractivity contribution in [3.63, 3.8) is 0 Å². The molecule has 31 heavy (non-hydrogen) atoms. The third-order valence-electron chi connectivity index (χ3n) is 5.09. The lowest BCUT2D eigenvalue weighted by Gasteiger charge is -2.25. The maximum absolute atomic E-state index is 13.9. The molecule has 0 saturated carbocycles. The molecule has 3 aromatic heterocycles. The summed E-state index contributed by atoms with van der Waals surface area (Å²) in [5, 5.41) is 7.82. The maximum Gasteiger partial charge on any atom is 0.352 e. The molecule has 12 heteroatoms. The van der Waals surface area contributed by atoms with Gasteiger partial charge in [0.25, 0.3) is 0 Å². The van der Waals surface area contributed by atoms with E-state index in [0.29, 0.717) is 16.0 Å². The number of nitrogens with zero attached hydrogens (tertiary/aromatic N) is 6. The van der Waals surface area contributed by atoms with Crippen LogP contribution >= 0.6 is 22.9 Å². The van der Waals surface area contributed by atoms with Gasteiger partial charge >= 0.3 is 5.69 Å². The fourth-order valence-corrected chi connectivity index (χ4v) is 4.77. The molecule has 1 fully saturated rings. The van der Waals surface area contributed by atoms with Crippen LogP contribution < -0.4 is 15.9 Å². The molecule has 9 nitrogen and oxygen atoms in total. The first kappa shape index (κ1) is 19.9. The molecule has 0 radical (unpaired) electrons. The van der Waals surface area contributed by atoms with Crippen molar-refractivity contribution in [2.75, 3.05) is 23.3 Å². The normalized spacial score (nSPS) is 14.5. The molecular weight excluding hydrogens is 445 g/mol. The van der Waals surface area contributed by atoms with E-state index >= 15 is 0 Å². The molecule has 1 amide bonds. The highest BCUT2D eigenvalue weighted by atomic mass is 35.5. The Kier molecular flexibility index (Phi) is 5.06. The number of benzene rings is 1. The fraction of sp³-hybridized carbons (Fsp3) is 0.316. The van der Waals surface area contributed by atoms with Crippen molar-refractivity contribution in [2.45, 2.75) is 25.8 Å². The Morgan fingerprint density at radius 3 is 2.84 bits per heavy atom. The number of rotatable bonds is 4. The maximum atomic E-state index is 13.9. The van der Waals surface area contributed by atoms with Gasteiger partial charge in [0, 0.05) is 18.1 Å². The zero-order chi connectivity index (χ0) is 21.5. The molecule has 4 heterocycles. The Morgan fingerprint density at radius 1 is 1.26 bits per heavy atom. The van der Waals surface area contributed by atoms with Crippen LogP contribution in [0.3, 0.4) is 0 Å². The molecule has 1 aliphatic heterocycles. The summed E-state index contributed by atoms with van der Waals surface area (Å²) in [6, 6.07) is 3.92. The number of amides is 1. The average Bonchev–Trinajstić information content (AvgIpc) is 3.33. The van der Waals surface area contributed by atoms with Gasteiger partial charge in [-0.15, -0.1) is 5.10 Å². The van der Waals surface area contributed by atoms with Gasteiger partial charge < -0.3 is 10.2 Å². The average molecular weight is 462 g/mol. The zero-order valence-electron chi connectivity index (χ0n) is 16.2. The van der Waals surface area contributed by atoms with Crippen LogP contribution in [-0.2, 0) is 11.3 Å². The third kappa shape index (κ3) is 3.74.